The first-order chi connectivity index (χ1) is 10.0. The van der Waals surface area contributed by atoms with Crippen molar-refractivity contribution in [2.45, 2.75) is 24.7 Å². The van der Waals surface area contributed by atoms with Crippen molar-refractivity contribution in [3.05, 3.63) is 28.8 Å². The summed E-state index contributed by atoms with van der Waals surface area (Å²) in [6.45, 7) is 5.13. The molecule has 2 saturated heterocycles. The fourth-order valence-electron chi connectivity index (χ4n) is 3.34. The summed E-state index contributed by atoms with van der Waals surface area (Å²) in [5.74, 6) is 0.884. The van der Waals surface area contributed by atoms with Gasteiger partial charge in [0.1, 0.15) is 4.90 Å². The third-order valence-corrected chi connectivity index (χ3v) is 6.82. The molecule has 0 aliphatic carbocycles. The highest BCUT2D eigenvalue weighted by Crippen LogP contribution is 2.33. The molecule has 2 heterocycles. The molecule has 0 saturated carbocycles. The van der Waals surface area contributed by atoms with E-state index >= 15 is 0 Å². The van der Waals surface area contributed by atoms with Crippen LogP contribution in [0.5, 0.6) is 0 Å². The van der Waals surface area contributed by atoms with Crippen LogP contribution in [0, 0.1) is 11.8 Å². The molecule has 0 unspecified atom stereocenters. The van der Waals surface area contributed by atoms with E-state index in [1.807, 2.05) is 6.07 Å². The summed E-state index contributed by atoms with van der Waals surface area (Å²) in [7, 11) is -3.48. The van der Waals surface area contributed by atoms with Gasteiger partial charge in [-0.2, -0.15) is 4.31 Å². The summed E-state index contributed by atoms with van der Waals surface area (Å²) in [5.41, 5.74) is 1.03. The second-order valence-electron chi connectivity index (χ2n) is 6.02. The van der Waals surface area contributed by atoms with E-state index in [4.69, 9.17) is 11.6 Å². The van der Waals surface area contributed by atoms with Gasteiger partial charge in [-0.05, 0) is 49.0 Å². The smallest absolute Gasteiger partial charge is 0.244 e. The molecule has 4 nitrogen and oxygen atoms in total. The second-order valence-corrected chi connectivity index (χ2v) is 8.33. The van der Waals surface area contributed by atoms with Gasteiger partial charge in [0, 0.05) is 13.1 Å². The topological polar surface area (TPSA) is 49.4 Å². The third kappa shape index (κ3) is 2.84. The molecule has 3 rings (SSSR count). The molecule has 0 amide bonds. The molecule has 1 N–H and O–H groups in total. The molecule has 2 atom stereocenters. The number of halogens is 1. The quantitative estimate of drug-likeness (QED) is 0.921. The van der Waals surface area contributed by atoms with Crippen LogP contribution in [0.15, 0.2) is 23.1 Å². The average Bonchev–Trinajstić information content (AvgIpc) is 3.02. The lowest BCUT2D eigenvalue weighted by Crippen LogP contribution is -2.32. The first-order valence-corrected chi connectivity index (χ1v) is 9.33. The monoisotopic (exact) mass is 328 g/mol. The van der Waals surface area contributed by atoms with Gasteiger partial charge in [-0.1, -0.05) is 31.0 Å². The fraction of sp³-hybridized carbons (Fsp3) is 0.600. The second kappa shape index (κ2) is 5.88. The minimum absolute atomic E-state index is 0.267. The zero-order valence-corrected chi connectivity index (χ0v) is 13.8. The van der Waals surface area contributed by atoms with Crippen molar-refractivity contribution >= 4 is 21.6 Å². The van der Waals surface area contributed by atoms with Crippen molar-refractivity contribution < 1.29 is 8.42 Å². The Balaban J connectivity index is 1.89. The summed E-state index contributed by atoms with van der Waals surface area (Å²) in [6, 6.07) is 5.36. The lowest BCUT2D eigenvalue weighted by molar-refractivity contribution is 0.448. The number of hydrogen-bond acceptors (Lipinski definition) is 3. The van der Waals surface area contributed by atoms with E-state index in [0.717, 1.165) is 31.5 Å². The van der Waals surface area contributed by atoms with Crippen LogP contribution in [0.2, 0.25) is 5.02 Å². The standard InChI is InChI=1S/C15H21ClN2O2S/c1-2-3-11-4-5-14(16)15(6-11)21(19,20)18-9-12-7-17-8-13(12)10-18/h4-6,12-13,17H,2-3,7-10H2,1H3/t12-,13+. The molecule has 0 spiro atoms. The Hall–Kier alpha value is -0.620. The maximum Gasteiger partial charge on any atom is 0.244 e. The van der Waals surface area contributed by atoms with Crippen LogP contribution >= 0.6 is 11.6 Å². The van der Waals surface area contributed by atoms with E-state index in [-0.39, 0.29) is 4.90 Å². The molecular weight excluding hydrogens is 308 g/mol. The van der Waals surface area contributed by atoms with Gasteiger partial charge in [0.05, 0.1) is 5.02 Å². The number of nitrogens with one attached hydrogen (secondary N) is 1. The lowest BCUT2D eigenvalue weighted by Gasteiger charge is -2.19. The average molecular weight is 329 g/mol. The van der Waals surface area contributed by atoms with Gasteiger partial charge >= 0.3 is 0 Å². The normalized spacial score (nSPS) is 26.2. The molecular formula is C15H21ClN2O2S. The molecule has 6 heteroatoms. The van der Waals surface area contributed by atoms with Crippen LogP contribution in [0.3, 0.4) is 0 Å². The van der Waals surface area contributed by atoms with Crippen LogP contribution in [-0.4, -0.2) is 38.9 Å². The number of fused-ring (bicyclic) bond motifs is 1. The highest BCUT2D eigenvalue weighted by molar-refractivity contribution is 7.89. The third-order valence-electron chi connectivity index (χ3n) is 4.51. The van der Waals surface area contributed by atoms with Gasteiger partial charge in [-0.25, -0.2) is 8.42 Å². The van der Waals surface area contributed by atoms with E-state index < -0.39 is 10.0 Å². The van der Waals surface area contributed by atoms with Crippen LogP contribution in [0.1, 0.15) is 18.9 Å². The Labute approximate surface area is 131 Å². The summed E-state index contributed by atoms with van der Waals surface area (Å²) in [5, 5.41) is 3.65. The van der Waals surface area contributed by atoms with E-state index in [2.05, 4.69) is 12.2 Å². The predicted molar refractivity (Wildman–Crippen MR) is 84.1 cm³/mol. The van der Waals surface area contributed by atoms with Crippen molar-refractivity contribution in [3.63, 3.8) is 0 Å². The maximum absolute atomic E-state index is 12.9. The zero-order valence-electron chi connectivity index (χ0n) is 12.2. The highest BCUT2D eigenvalue weighted by atomic mass is 35.5. The van der Waals surface area contributed by atoms with Gasteiger partial charge in [0.15, 0.2) is 0 Å². The SMILES string of the molecule is CCCc1ccc(Cl)c(S(=O)(=O)N2C[C@H]3CNC[C@H]3C2)c1. The summed E-state index contributed by atoms with van der Waals surface area (Å²) in [6.07, 6.45) is 1.86. The van der Waals surface area contributed by atoms with E-state index in [1.165, 1.54) is 0 Å². The highest BCUT2D eigenvalue weighted by Gasteiger charge is 2.42. The number of rotatable bonds is 4. The van der Waals surface area contributed by atoms with Crippen LogP contribution < -0.4 is 5.32 Å². The number of nitrogens with zero attached hydrogens (tertiary/aromatic N) is 1. The number of sulfonamides is 1. The van der Waals surface area contributed by atoms with Crippen LogP contribution in [-0.2, 0) is 16.4 Å². The van der Waals surface area contributed by atoms with Gasteiger partial charge in [-0.3, -0.25) is 0 Å². The molecule has 0 bridgehead atoms. The molecule has 2 aliphatic heterocycles. The molecule has 1 aromatic carbocycles. The first kappa shape index (κ1) is 15.3. The van der Waals surface area contributed by atoms with E-state index in [0.29, 0.717) is 29.9 Å². The van der Waals surface area contributed by atoms with Gasteiger partial charge in [0.2, 0.25) is 10.0 Å². The first-order valence-electron chi connectivity index (χ1n) is 7.51. The fourth-order valence-corrected chi connectivity index (χ4v) is 5.42. The molecule has 0 aromatic heterocycles. The van der Waals surface area contributed by atoms with Gasteiger partial charge in [0.25, 0.3) is 0 Å². The number of aryl methyl sites for hydroxylation is 1. The zero-order chi connectivity index (χ0) is 15.0. The van der Waals surface area contributed by atoms with Crippen molar-refractivity contribution in [2.24, 2.45) is 11.8 Å². The molecule has 2 aliphatic rings. The number of hydrogen-bond donors (Lipinski definition) is 1. The predicted octanol–water partition coefficient (Wildman–Crippen LogP) is 2.13. The molecule has 21 heavy (non-hydrogen) atoms. The molecule has 1 aromatic rings. The maximum atomic E-state index is 12.9. The van der Waals surface area contributed by atoms with E-state index in [9.17, 15) is 8.42 Å². The Morgan fingerprint density at radius 2 is 1.95 bits per heavy atom. The number of benzene rings is 1. The van der Waals surface area contributed by atoms with Gasteiger partial charge < -0.3 is 5.32 Å². The Morgan fingerprint density at radius 1 is 1.29 bits per heavy atom. The molecule has 0 radical (unpaired) electrons. The summed E-state index contributed by atoms with van der Waals surface area (Å²) < 4.78 is 27.3. The Bertz CT molecular complexity index is 621. The van der Waals surface area contributed by atoms with Crippen LogP contribution in [0.4, 0.5) is 0 Å². The van der Waals surface area contributed by atoms with Crippen molar-refractivity contribution in [3.8, 4) is 0 Å². The van der Waals surface area contributed by atoms with E-state index in [1.54, 1.807) is 16.4 Å². The van der Waals surface area contributed by atoms with Gasteiger partial charge in [-0.15, -0.1) is 0 Å². The van der Waals surface area contributed by atoms with Crippen molar-refractivity contribution in [1.29, 1.82) is 0 Å². The largest absolute Gasteiger partial charge is 0.316 e. The molecule has 116 valence electrons. The Kier molecular flexibility index (Phi) is 4.28. The lowest BCUT2D eigenvalue weighted by atomic mass is 10.0. The minimum atomic E-state index is -3.48. The van der Waals surface area contributed by atoms with Crippen molar-refractivity contribution in [2.75, 3.05) is 26.2 Å². The minimum Gasteiger partial charge on any atom is -0.316 e. The van der Waals surface area contributed by atoms with Crippen LogP contribution in [0.25, 0.3) is 0 Å². The summed E-state index contributed by atoms with van der Waals surface area (Å²) >= 11 is 6.16. The van der Waals surface area contributed by atoms with Crippen molar-refractivity contribution in [1.82, 2.24) is 9.62 Å². The summed E-state index contributed by atoms with van der Waals surface area (Å²) in [4.78, 5) is 0.267. The molecule has 2 fully saturated rings. The Morgan fingerprint density at radius 3 is 2.57 bits per heavy atom.